The van der Waals surface area contributed by atoms with Crippen molar-refractivity contribution >= 4 is 23.5 Å². The van der Waals surface area contributed by atoms with E-state index in [1.807, 2.05) is 35.8 Å². The molecule has 0 aromatic carbocycles. The van der Waals surface area contributed by atoms with Crippen LogP contribution in [-0.4, -0.2) is 47.4 Å². The molecule has 1 aliphatic heterocycles. The van der Waals surface area contributed by atoms with Gasteiger partial charge in [0.05, 0.1) is 0 Å². The Morgan fingerprint density at radius 2 is 2.41 bits per heavy atom. The summed E-state index contributed by atoms with van der Waals surface area (Å²) >= 11 is 1.90. The SMILES string of the molecule is CNc1cccc(C(=O)N(C)C2CCSC2)n1. The first-order valence-electron chi connectivity index (χ1n) is 5.72. The Morgan fingerprint density at radius 1 is 1.59 bits per heavy atom. The van der Waals surface area contributed by atoms with Gasteiger partial charge in [0, 0.05) is 25.9 Å². The predicted molar refractivity (Wildman–Crippen MR) is 71.6 cm³/mol. The Morgan fingerprint density at radius 3 is 3.06 bits per heavy atom. The maximum atomic E-state index is 12.2. The fraction of sp³-hybridized carbons (Fsp3) is 0.500. The van der Waals surface area contributed by atoms with Gasteiger partial charge in [-0.3, -0.25) is 4.79 Å². The average molecular weight is 251 g/mol. The molecular formula is C12H17N3OS. The maximum Gasteiger partial charge on any atom is 0.272 e. The van der Waals surface area contributed by atoms with Crippen LogP contribution >= 0.6 is 11.8 Å². The summed E-state index contributed by atoms with van der Waals surface area (Å²) in [4.78, 5) is 18.3. The molecule has 0 spiro atoms. The molecule has 1 atom stereocenters. The molecule has 1 aromatic heterocycles. The second kappa shape index (κ2) is 5.40. The number of carbonyl (C=O) groups excluding carboxylic acids is 1. The summed E-state index contributed by atoms with van der Waals surface area (Å²) in [5.74, 6) is 2.92. The molecule has 0 bridgehead atoms. The number of hydrogen-bond donors (Lipinski definition) is 1. The van der Waals surface area contributed by atoms with Crippen LogP contribution in [0.3, 0.4) is 0 Å². The van der Waals surface area contributed by atoms with Crippen molar-refractivity contribution in [2.24, 2.45) is 0 Å². The summed E-state index contributed by atoms with van der Waals surface area (Å²) < 4.78 is 0. The number of nitrogens with one attached hydrogen (secondary N) is 1. The summed E-state index contributed by atoms with van der Waals surface area (Å²) in [5, 5.41) is 2.94. The lowest BCUT2D eigenvalue weighted by Gasteiger charge is -2.23. The number of anilines is 1. The van der Waals surface area contributed by atoms with E-state index in [4.69, 9.17) is 0 Å². The molecule has 2 rings (SSSR count). The number of pyridine rings is 1. The van der Waals surface area contributed by atoms with Crippen LogP contribution in [0, 0.1) is 0 Å². The van der Waals surface area contributed by atoms with Crippen molar-refractivity contribution in [1.82, 2.24) is 9.88 Å². The standard InChI is InChI=1S/C12H17N3OS/c1-13-11-5-3-4-10(14-11)12(16)15(2)9-6-7-17-8-9/h3-5,9H,6-8H2,1-2H3,(H,13,14). The van der Waals surface area contributed by atoms with Crippen LogP contribution in [0.25, 0.3) is 0 Å². The lowest BCUT2D eigenvalue weighted by Crippen LogP contribution is -2.37. The predicted octanol–water partition coefficient (Wildman–Crippen LogP) is 1.70. The Kier molecular flexibility index (Phi) is 3.89. The Balaban J connectivity index is 2.12. The van der Waals surface area contributed by atoms with Crippen molar-refractivity contribution in [2.75, 3.05) is 30.9 Å². The summed E-state index contributed by atoms with van der Waals surface area (Å²) in [5.41, 5.74) is 0.510. The van der Waals surface area contributed by atoms with Gasteiger partial charge in [0.15, 0.2) is 0 Å². The van der Waals surface area contributed by atoms with Gasteiger partial charge in [-0.15, -0.1) is 0 Å². The van der Waals surface area contributed by atoms with Crippen LogP contribution in [-0.2, 0) is 0 Å². The van der Waals surface area contributed by atoms with Crippen LogP contribution < -0.4 is 5.32 Å². The van der Waals surface area contributed by atoms with Crippen molar-refractivity contribution in [3.63, 3.8) is 0 Å². The maximum absolute atomic E-state index is 12.2. The molecule has 92 valence electrons. The molecule has 1 fully saturated rings. The van der Waals surface area contributed by atoms with Crippen molar-refractivity contribution in [3.05, 3.63) is 23.9 Å². The van der Waals surface area contributed by atoms with E-state index in [0.717, 1.165) is 23.7 Å². The third-order valence-corrected chi connectivity index (χ3v) is 4.14. The van der Waals surface area contributed by atoms with Gasteiger partial charge < -0.3 is 10.2 Å². The van der Waals surface area contributed by atoms with E-state index in [-0.39, 0.29) is 5.91 Å². The molecule has 1 saturated heterocycles. The topological polar surface area (TPSA) is 45.2 Å². The van der Waals surface area contributed by atoms with E-state index < -0.39 is 0 Å². The highest BCUT2D eigenvalue weighted by atomic mass is 32.2. The highest BCUT2D eigenvalue weighted by Gasteiger charge is 2.25. The first-order chi connectivity index (χ1) is 8.22. The molecular weight excluding hydrogens is 234 g/mol. The number of aromatic nitrogens is 1. The van der Waals surface area contributed by atoms with Gasteiger partial charge in [-0.25, -0.2) is 4.98 Å². The fourth-order valence-corrected chi connectivity index (χ4v) is 3.13. The van der Waals surface area contributed by atoms with Crippen LogP contribution in [0.1, 0.15) is 16.9 Å². The summed E-state index contributed by atoms with van der Waals surface area (Å²) in [7, 11) is 3.67. The van der Waals surface area contributed by atoms with Crippen LogP contribution in [0.15, 0.2) is 18.2 Å². The normalized spacial score (nSPS) is 19.1. The van der Waals surface area contributed by atoms with E-state index >= 15 is 0 Å². The third kappa shape index (κ3) is 2.72. The van der Waals surface area contributed by atoms with Gasteiger partial charge in [0.2, 0.25) is 0 Å². The van der Waals surface area contributed by atoms with E-state index in [0.29, 0.717) is 11.7 Å². The molecule has 17 heavy (non-hydrogen) atoms. The zero-order valence-corrected chi connectivity index (χ0v) is 11.0. The number of amides is 1. The quantitative estimate of drug-likeness (QED) is 0.888. The minimum atomic E-state index is 0.00889. The van der Waals surface area contributed by atoms with Gasteiger partial charge in [0.25, 0.3) is 5.91 Å². The fourth-order valence-electron chi connectivity index (χ4n) is 1.87. The Bertz CT molecular complexity index is 404. The second-order valence-corrected chi connectivity index (χ2v) is 5.24. The van der Waals surface area contributed by atoms with E-state index in [1.54, 1.807) is 13.1 Å². The summed E-state index contributed by atoms with van der Waals surface area (Å²) in [6, 6.07) is 5.82. The van der Waals surface area contributed by atoms with Crippen LogP contribution in [0.4, 0.5) is 5.82 Å². The average Bonchev–Trinajstić information content (AvgIpc) is 2.91. The molecule has 0 radical (unpaired) electrons. The number of thioether (sulfide) groups is 1. The first-order valence-corrected chi connectivity index (χ1v) is 6.87. The van der Waals surface area contributed by atoms with Crippen molar-refractivity contribution in [1.29, 1.82) is 0 Å². The zero-order chi connectivity index (χ0) is 12.3. The summed E-state index contributed by atoms with van der Waals surface area (Å²) in [6.07, 6.45) is 1.08. The van der Waals surface area contributed by atoms with E-state index in [9.17, 15) is 4.79 Å². The lowest BCUT2D eigenvalue weighted by molar-refractivity contribution is 0.0742. The molecule has 2 heterocycles. The summed E-state index contributed by atoms with van der Waals surface area (Å²) in [6.45, 7) is 0. The monoisotopic (exact) mass is 251 g/mol. The largest absolute Gasteiger partial charge is 0.373 e. The number of hydrogen-bond acceptors (Lipinski definition) is 4. The van der Waals surface area contributed by atoms with Crippen LogP contribution in [0.2, 0.25) is 0 Å². The Labute approximate surface area is 106 Å². The van der Waals surface area contributed by atoms with Gasteiger partial charge >= 0.3 is 0 Å². The molecule has 1 amide bonds. The van der Waals surface area contributed by atoms with E-state index in [2.05, 4.69) is 10.3 Å². The molecule has 1 N–H and O–H groups in total. The zero-order valence-electron chi connectivity index (χ0n) is 10.1. The Hall–Kier alpha value is -1.23. The lowest BCUT2D eigenvalue weighted by atomic mass is 10.2. The molecule has 0 saturated carbocycles. The van der Waals surface area contributed by atoms with Crippen molar-refractivity contribution < 1.29 is 4.79 Å². The highest BCUT2D eigenvalue weighted by molar-refractivity contribution is 7.99. The smallest absolute Gasteiger partial charge is 0.272 e. The van der Waals surface area contributed by atoms with Gasteiger partial charge in [-0.1, -0.05) is 6.07 Å². The van der Waals surface area contributed by atoms with Gasteiger partial charge in [0.1, 0.15) is 11.5 Å². The minimum Gasteiger partial charge on any atom is -0.373 e. The van der Waals surface area contributed by atoms with E-state index in [1.165, 1.54) is 0 Å². The van der Waals surface area contributed by atoms with Crippen molar-refractivity contribution in [2.45, 2.75) is 12.5 Å². The second-order valence-electron chi connectivity index (χ2n) is 4.09. The minimum absolute atomic E-state index is 0.00889. The molecule has 4 nitrogen and oxygen atoms in total. The third-order valence-electron chi connectivity index (χ3n) is 3.00. The molecule has 1 aliphatic rings. The van der Waals surface area contributed by atoms with Crippen LogP contribution in [0.5, 0.6) is 0 Å². The first kappa shape index (κ1) is 12.2. The molecule has 0 aliphatic carbocycles. The molecule has 1 aromatic rings. The van der Waals surface area contributed by atoms with Gasteiger partial charge in [-0.2, -0.15) is 11.8 Å². The number of carbonyl (C=O) groups is 1. The number of nitrogens with zero attached hydrogens (tertiary/aromatic N) is 2. The van der Waals surface area contributed by atoms with Crippen molar-refractivity contribution in [3.8, 4) is 0 Å². The highest BCUT2D eigenvalue weighted by Crippen LogP contribution is 2.22. The van der Waals surface area contributed by atoms with Gasteiger partial charge in [-0.05, 0) is 24.3 Å². The number of rotatable bonds is 3. The molecule has 1 unspecified atom stereocenters. The molecule has 5 heteroatoms.